The molecule has 0 aliphatic heterocycles. The van der Waals surface area contributed by atoms with Gasteiger partial charge in [-0.3, -0.25) is 0 Å². The molecule has 0 fully saturated rings. The van der Waals surface area contributed by atoms with Crippen LogP contribution in [0.15, 0.2) is 25.3 Å². The van der Waals surface area contributed by atoms with Gasteiger partial charge in [-0.15, -0.1) is 13.2 Å². The average Bonchev–Trinajstić information content (AvgIpc) is 2.42. The molecule has 0 amide bonds. The summed E-state index contributed by atoms with van der Waals surface area (Å²) in [5, 5.41) is 16.4. The molecule has 4 heteroatoms. The Balaban J connectivity index is 3.40. The lowest BCUT2D eigenvalue weighted by molar-refractivity contribution is 0.127. The van der Waals surface area contributed by atoms with E-state index in [0.29, 0.717) is 0 Å². The fraction of sp³-hybridized carbons (Fsp3) is 0.733. The van der Waals surface area contributed by atoms with E-state index in [1.54, 1.807) is 0 Å². The van der Waals surface area contributed by atoms with Crippen LogP contribution in [0.25, 0.3) is 0 Å². The Hall–Kier alpha value is -0.680. The Morgan fingerprint density at radius 3 is 2.11 bits per heavy atom. The van der Waals surface area contributed by atoms with Crippen LogP contribution in [0.1, 0.15) is 32.1 Å². The zero-order chi connectivity index (χ0) is 14.3. The molecule has 112 valence electrons. The Labute approximate surface area is 118 Å². The van der Waals surface area contributed by atoms with Gasteiger partial charge in [0.1, 0.15) is 0 Å². The van der Waals surface area contributed by atoms with E-state index in [0.717, 1.165) is 58.3 Å². The van der Waals surface area contributed by atoms with Gasteiger partial charge in [0.15, 0.2) is 0 Å². The number of nitrogens with two attached hydrogens (primary N) is 1. The molecule has 0 aromatic carbocycles. The summed E-state index contributed by atoms with van der Waals surface area (Å²) in [6, 6.07) is -0.105. The minimum absolute atomic E-state index is 0.105. The minimum atomic E-state index is -0.376. The second-order valence-electron chi connectivity index (χ2n) is 4.85. The smallest absolute Gasteiger partial charge is 0.0691 e. The van der Waals surface area contributed by atoms with E-state index in [1.807, 2.05) is 12.2 Å². The summed E-state index contributed by atoms with van der Waals surface area (Å²) < 4.78 is 0. The van der Waals surface area contributed by atoms with Crippen LogP contribution < -0.4 is 16.4 Å². The molecule has 2 unspecified atom stereocenters. The van der Waals surface area contributed by atoms with E-state index in [4.69, 9.17) is 5.73 Å². The highest BCUT2D eigenvalue weighted by Crippen LogP contribution is 2.07. The fourth-order valence-electron chi connectivity index (χ4n) is 1.88. The molecule has 0 aliphatic rings. The van der Waals surface area contributed by atoms with Crippen molar-refractivity contribution in [3.8, 4) is 0 Å². The topological polar surface area (TPSA) is 70.3 Å². The van der Waals surface area contributed by atoms with Gasteiger partial charge in [0.2, 0.25) is 0 Å². The summed E-state index contributed by atoms with van der Waals surface area (Å²) in [5.41, 5.74) is 5.97. The highest BCUT2D eigenvalue weighted by molar-refractivity contribution is 4.74. The molecule has 0 radical (unpaired) electrons. The molecular weight excluding hydrogens is 238 g/mol. The zero-order valence-electron chi connectivity index (χ0n) is 12.1. The molecule has 0 aromatic rings. The third-order valence-corrected chi connectivity index (χ3v) is 3.07. The van der Waals surface area contributed by atoms with Gasteiger partial charge in [0, 0.05) is 19.1 Å². The SMILES string of the molecule is C=CCNCCCCC(O)C(N)CCCNCC=C. The van der Waals surface area contributed by atoms with Gasteiger partial charge in [0.25, 0.3) is 0 Å². The molecule has 0 saturated carbocycles. The van der Waals surface area contributed by atoms with Crippen molar-refractivity contribution in [1.29, 1.82) is 0 Å². The summed E-state index contributed by atoms with van der Waals surface area (Å²) in [5.74, 6) is 0. The third kappa shape index (κ3) is 12.1. The van der Waals surface area contributed by atoms with E-state index < -0.39 is 0 Å². The Morgan fingerprint density at radius 1 is 0.947 bits per heavy atom. The normalized spacial score (nSPS) is 14.0. The second kappa shape index (κ2) is 13.7. The molecule has 2 atom stereocenters. The zero-order valence-corrected chi connectivity index (χ0v) is 12.1. The standard InChI is InChI=1S/C15H31N3O/c1-3-10-17-12-6-5-9-15(19)14(16)8-7-13-18-11-4-2/h3-4,14-15,17-19H,1-2,5-13,16H2. The molecule has 0 rings (SSSR count). The molecule has 0 spiro atoms. The van der Waals surface area contributed by atoms with Crippen LogP contribution in [0.2, 0.25) is 0 Å². The summed E-state index contributed by atoms with van der Waals surface area (Å²) in [7, 11) is 0. The van der Waals surface area contributed by atoms with Crippen molar-refractivity contribution in [2.24, 2.45) is 5.73 Å². The van der Waals surface area contributed by atoms with Crippen molar-refractivity contribution < 1.29 is 5.11 Å². The van der Waals surface area contributed by atoms with E-state index in [-0.39, 0.29) is 12.1 Å². The Kier molecular flexibility index (Phi) is 13.3. The second-order valence-corrected chi connectivity index (χ2v) is 4.85. The van der Waals surface area contributed by atoms with Gasteiger partial charge in [-0.2, -0.15) is 0 Å². The predicted molar refractivity (Wildman–Crippen MR) is 83.2 cm³/mol. The first-order valence-electron chi connectivity index (χ1n) is 7.29. The monoisotopic (exact) mass is 269 g/mol. The molecule has 0 bridgehead atoms. The van der Waals surface area contributed by atoms with Crippen LogP contribution in [0.3, 0.4) is 0 Å². The number of unbranched alkanes of at least 4 members (excludes halogenated alkanes) is 1. The molecule has 0 aromatic heterocycles. The summed E-state index contributed by atoms with van der Waals surface area (Å²) in [6.45, 7) is 10.9. The van der Waals surface area contributed by atoms with E-state index >= 15 is 0 Å². The Morgan fingerprint density at radius 2 is 1.53 bits per heavy atom. The van der Waals surface area contributed by atoms with Gasteiger partial charge >= 0.3 is 0 Å². The number of aliphatic hydroxyl groups excluding tert-OH is 1. The number of aliphatic hydroxyl groups is 1. The number of rotatable bonds is 14. The summed E-state index contributed by atoms with van der Waals surface area (Å²) in [6.07, 6.45) is 8.04. The van der Waals surface area contributed by atoms with Crippen LogP contribution in [0.5, 0.6) is 0 Å². The van der Waals surface area contributed by atoms with Crippen molar-refractivity contribution >= 4 is 0 Å². The maximum absolute atomic E-state index is 9.92. The maximum atomic E-state index is 9.92. The van der Waals surface area contributed by atoms with Gasteiger partial charge in [-0.1, -0.05) is 12.2 Å². The van der Waals surface area contributed by atoms with Crippen molar-refractivity contribution in [3.63, 3.8) is 0 Å². The first kappa shape index (κ1) is 18.3. The molecule has 0 saturated heterocycles. The minimum Gasteiger partial charge on any atom is -0.392 e. The number of hydrogen-bond donors (Lipinski definition) is 4. The molecular formula is C15H31N3O. The quantitative estimate of drug-likeness (QED) is 0.282. The van der Waals surface area contributed by atoms with Gasteiger partial charge in [-0.25, -0.2) is 0 Å². The largest absolute Gasteiger partial charge is 0.392 e. The average molecular weight is 269 g/mol. The first-order chi connectivity index (χ1) is 9.22. The van der Waals surface area contributed by atoms with Crippen LogP contribution in [0.4, 0.5) is 0 Å². The lowest BCUT2D eigenvalue weighted by Gasteiger charge is -2.18. The van der Waals surface area contributed by atoms with Crippen molar-refractivity contribution in [2.45, 2.75) is 44.2 Å². The third-order valence-electron chi connectivity index (χ3n) is 3.07. The predicted octanol–water partition coefficient (Wildman–Crippen LogP) is 1.18. The molecule has 5 N–H and O–H groups in total. The van der Waals surface area contributed by atoms with Gasteiger partial charge in [0.05, 0.1) is 6.10 Å². The lowest BCUT2D eigenvalue weighted by atomic mass is 10.0. The van der Waals surface area contributed by atoms with Crippen LogP contribution in [0, 0.1) is 0 Å². The van der Waals surface area contributed by atoms with Crippen LogP contribution >= 0.6 is 0 Å². The highest BCUT2D eigenvalue weighted by Gasteiger charge is 2.13. The van der Waals surface area contributed by atoms with Crippen LogP contribution in [-0.4, -0.2) is 43.4 Å². The van der Waals surface area contributed by atoms with Crippen LogP contribution in [-0.2, 0) is 0 Å². The molecule has 4 nitrogen and oxygen atoms in total. The molecule has 19 heavy (non-hydrogen) atoms. The van der Waals surface area contributed by atoms with Crippen molar-refractivity contribution in [2.75, 3.05) is 26.2 Å². The summed E-state index contributed by atoms with van der Waals surface area (Å²) >= 11 is 0. The van der Waals surface area contributed by atoms with Crippen molar-refractivity contribution in [1.82, 2.24) is 10.6 Å². The molecule has 0 heterocycles. The number of hydrogen-bond acceptors (Lipinski definition) is 4. The van der Waals surface area contributed by atoms with E-state index in [2.05, 4.69) is 23.8 Å². The van der Waals surface area contributed by atoms with E-state index in [9.17, 15) is 5.11 Å². The van der Waals surface area contributed by atoms with E-state index in [1.165, 1.54) is 0 Å². The highest BCUT2D eigenvalue weighted by atomic mass is 16.3. The fourth-order valence-corrected chi connectivity index (χ4v) is 1.88. The maximum Gasteiger partial charge on any atom is 0.0691 e. The molecule has 0 aliphatic carbocycles. The number of nitrogens with one attached hydrogen (secondary N) is 2. The summed E-state index contributed by atoms with van der Waals surface area (Å²) in [4.78, 5) is 0. The Bertz CT molecular complexity index is 221. The first-order valence-corrected chi connectivity index (χ1v) is 7.29. The lowest BCUT2D eigenvalue weighted by Crippen LogP contribution is -2.35. The van der Waals surface area contributed by atoms with Crippen molar-refractivity contribution in [3.05, 3.63) is 25.3 Å². The van der Waals surface area contributed by atoms with Gasteiger partial charge < -0.3 is 21.5 Å². The van der Waals surface area contributed by atoms with Gasteiger partial charge in [-0.05, 0) is 45.2 Å².